The second-order valence-corrected chi connectivity index (χ2v) is 10.1. The molecule has 0 aromatic heterocycles. The van der Waals surface area contributed by atoms with Crippen molar-refractivity contribution in [1.82, 2.24) is 10.2 Å². The summed E-state index contributed by atoms with van der Waals surface area (Å²) in [6.45, 7) is 6.98. The fraction of sp³-hybridized carbons (Fsp3) is 0.333. The number of ether oxygens (including phenoxy) is 1. The molecule has 1 N–H and O–H groups in total. The number of hydrogen-bond donors (Lipinski definition) is 1. The third kappa shape index (κ3) is 8.23. The Labute approximate surface area is 223 Å². The zero-order chi connectivity index (χ0) is 25.9. The number of carbonyl (C=O) groups excluding carboxylic acids is 2. The van der Waals surface area contributed by atoms with Gasteiger partial charge in [0.05, 0.1) is 0 Å². The zero-order valence-electron chi connectivity index (χ0n) is 21.2. The predicted octanol–water partition coefficient (Wildman–Crippen LogP) is 6.12. The maximum atomic E-state index is 13.6. The highest BCUT2D eigenvalue weighted by Crippen LogP contribution is 2.20. The molecule has 2 amide bonds. The van der Waals surface area contributed by atoms with Crippen molar-refractivity contribution in [3.05, 3.63) is 100 Å². The van der Waals surface area contributed by atoms with E-state index in [1.807, 2.05) is 85.8 Å². The maximum absolute atomic E-state index is 13.6. The molecule has 3 aromatic carbocycles. The van der Waals surface area contributed by atoms with Crippen LogP contribution >= 0.6 is 15.9 Å². The van der Waals surface area contributed by atoms with Crippen molar-refractivity contribution >= 4 is 27.7 Å². The van der Waals surface area contributed by atoms with Gasteiger partial charge in [0.15, 0.2) is 6.61 Å². The first-order valence-electron chi connectivity index (χ1n) is 12.5. The van der Waals surface area contributed by atoms with Gasteiger partial charge in [0.25, 0.3) is 5.91 Å². The van der Waals surface area contributed by atoms with Gasteiger partial charge < -0.3 is 15.0 Å². The highest BCUT2D eigenvalue weighted by atomic mass is 79.9. The van der Waals surface area contributed by atoms with Gasteiger partial charge >= 0.3 is 0 Å². The minimum absolute atomic E-state index is 0.151. The highest BCUT2D eigenvalue weighted by Gasteiger charge is 2.30. The molecule has 0 aliphatic rings. The lowest BCUT2D eigenvalue weighted by atomic mass is 10.0. The molecule has 0 radical (unpaired) electrons. The normalized spacial score (nSPS) is 11.7. The Morgan fingerprint density at radius 1 is 0.944 bits per heavy atom. The van der Waals surface area contributed by atoms with Crippen molar-refractivity contribution in [3.8, 4) is 5.75 Å². The standard InChI is InChI=1S/C30H35BrN2O3/c1-4-17-32-30(35)28(19-23-9-6-5-7-10-23)33(20-24-11-8-12-26(31)18-24)29(34)21-36-27-15-13-25(14-16-27)22(2)3/h5-16,18,22,28H,4,17,19-21H2,1-3H3,(H,32,35). The van der Waals surface area contributed by atoms with Crippen LogP contribution in [-0.2, 0) is 22.6 Å². The van der Waals surface area contributed by atoms with Gasteiger partial charge in [-0.3, -0.25) is 9.59 Å². The number of nitrogens with one attached hydrogen (secondary N) is 1. The molecule has 3 aromatic rings. The minimum atomic E-state index is -0.669. The van der Waals surface area contributed by atoms with Crippen LogP contribution in [-0.4, -0.2) is 35.9 Å². The van der Waals surface area contributed by atoms with E-state index in [4.69, 9.17) is 4.74 Å². The molecule has 190 valence electrons. The summed E-state index contributed by atoms with van der Waals surface area (Å²) in [6, 6.07) is 24.7. The number of hydrogen-bond acceptors (Lipinski definition) is 3. The number of rotatable bonds is 12. The molecule has 6 heteroatoms. The number of amides is 2. The van der Waals surface area contributed by atoms with Crippen LogP contribution in [0.4, 0.5) is 0 Å². The first-order chi connectivity index (χ1) is 17.4. The van der Waals surface area contributed by atoms with E-state index in [2.05, 4.69) is 35.1 Å². The third-order valence-electron chi connectivity index (χ3n) is 5.97. The molecule has 0 bridgehead atoms. The van der Waals surface area contributed by atoms with Gasteiger partial charge in [-0.25, -0.2) is 0 Å². The Kier molecular flexibility index (Phi) is 10.6. The molecule has 0 spiro atoms. The highest BCUT2D eigenvalue weighted by molar-refractivity contribution is 9.10. The van der Waals surface area contributed by atoms with Gasteiger partial charge in [0, 0.05) is 24.0 Å². The van der Waals surface area contributed by atoms with Gasteiger partial charge in [0.2, 0.25) is 5.91 Å². The quantitative estimate of drug-likeness (QED) is 0.295. The lowest BCUT2D eigenvalue weighted by Gasteiger charge is -2.31. The smallest absolute Gasteiger partial charge is 0.261 e. The van der Waals surface area contributed by atoms with Crippen LogP contribution in [0.2, 0.25) is 0 Å². The molecule has 0 heterocycles. The monoisotopic (exact) mass is 550 g/mol. The maximum Gasteiger partial charge on any atom is 0.261 e. The zero-order valence-corrected chi connectivity index (χ0v) is 22.8. The topological polar surface area (TPSA) is 58.6 Å². The summed E-state index contributed by atoms with van der Waals surface area (Å²) in [6.07, 6.45) is 1.23. The Hall–Kier alpha value is -3.12. The van der Waals surface area contributed by atoms with Crippen LogP contribution in [0, 0.1) is 0 Å². The van der Waals surface area contributed by atoms with E-state index in [9.17, 15) is 9.59 Å². The first-order valence-corrected chi connectivity index (χ1v) is 13.2. The third-order valence-corrected chi connectivity index (χ3v) is 6.46. The predicted molar refractivity (Wildman–Crippen MR) is 148 cm³/mol. The van der Waals surface area contributed by atoms with Crippen molar-refractivity contribution in [2.75, 3.05) is 13.2 Å². The molecule has 0 aliphatic heterocycles. The van der Waals surface area contributed by atoms with E-state index in [1.165, 1.54) is 5.56 Å². The van der Waals surface area contributed by atoms with Crippen LogP contribution in [0.25, 0.3) is 0 Å². The van der Waals surface area contributed by atoms with Crippen molar-refractivity contribution in [1.29, 1.82) is 0 Å². The lowest BCUT2D eigenvalue weighted by Crippen LogP contribution is -2.51. The summed E-state index contributed by atoms with van der Waals surface area (Å²) in [4.78, 5) is 28.6. The van der Waals surface area contributed by atoms with Crippen molar-refractivity contribution < 1.29 is 14.3 Å². The average molecular weight is 552 g/mol. The van der Waals surface area contributed by atoms with Crippen LogP contribution in [0.5, 0.6) is 5.75 Å². The molecule has 1 unspecified atom stereocenters. The Bertz CT molecular complexity index is 1120. The van der Waals surface area contributed by atoms with Crippen LogP contribution in [0.3, 0.4) is 0 Å². The van der Waals surface area contributed by atoms with E-state index in [0.29, 0.717) is 31.2 Å². The second kappa shape index (κ2) is 13.8. The summed E-state index contributed by atoms with van der Waals surface area (Å²) >= 11 is 3.51. The molecule has 3 rings (SSSR count). The lowest BCUT2D eigenvalue weighted by molar-refractivity contribution is -0.142. The molecule has 0 aliphatic carbocycles. The van der Waals surface area contributed by atoms with E-state index in [1.54, 1.807) is 4.90 Å². The van der Waals surface area contributed by atoms with Crippen molar-refractivity contribution in [3.63, 3.8) is 0 Å². The summed E-state index contributed by atoms with van der Waals surface area (Å²) in [7, 11) is 0. The number of carbonyl (C=O) groups is 2. The molecular formula is C30H35BrN2O3. The van der Waals surface area contributed by atoms with Crippen LogP contribution in [0.1, 0.15) is 49.8 Å². The van der Waals surface area contributed by atoms with E-state index in [0.717, 1.165) is 22.0 Å². The fourth-order valence-electron chi connectivity index (χ4n) is 3.93. The molecule has 0 saturated heterocycles. The van der Waals surface area contributed by atoms with Gasteiger partial charge in [0.1, 0.15) is 11.8 Å². The van der Waals surface area contributed by atoms with Gasteiger partial charge in [-0.05, 0) is 53.3 Å². The number of halogens is 1. The molecule has 36 heavy (non-hydrogen) atoms. The Morgan fingerprint density at radius 3 is 2.28 bits per heavy atom. The molecule has 1 atom stereocenters. The average Bonchev–Trinajstić information content (AvgIpc) is 2.88. The van der Waals surface area contributed by atoms with Gasteiger partial charge in [-0.15, -0.1) is 0 Å². The molecular weight excluding hydrogens is 516 g/mol. The van der Waals surface area contributed by atoms with Crippen molar-refractivity contribution in [2.24, 2.45) is 0 Å². The molecule has 5 nitrogen and oxygen atoms in total. The summed E-state index contributed by atoms with van der Waals surface area (Å²) in [5, 5.41) is 2.99. The second-order valence-electron chi connectivity index (χ2n) is 9.16. The SMILES string of the molecule is CCCNC(=O)C(Cc1ccccc1)N(Cc1cccc(Br)c1)C(=O)COc1ccc(C(C)C)cc1. The number of benzene rings is 3. The Morgan fingerprint density at radius 2 is 1.64 bits per heavy atom. The summed E-state index contributed by atoms with van der Waals surface area (Å²) < 4.78 is 6.79. The van der Waals surface area contributed by atoms with Crippen molar-refractivity contribution in [2.45, 2.75) is 52.1 Å². The minimum Gasteiger partial charge on any atom is -0.484 e. The summed E-state index contributed by atoms with van der Waals surface area (Å²) in [5.41, 5.74) is 3.13. The number of nitrogens with zero attached hydrogens (tertiary/aromatic N) is 1. The Balaban J connectivity index is 1.86. The van der Waals surface area contributed by atoms with Gasteiger partial charge in [-0.1, -0.05) is 91.3 Å². The van der Waals surface area contributed by atoms with E-state index < -0.39 is 6.04 Å². The van der Waals surface area contributed by atoms with Crippen LogP contribution in [0.15, 0.2) is 83.3 Å². The molecule has 0 fully saturated rings. The molecule has 0 saturated carbocycles. The van der Waals surface area contributed by atoms with E-state index in [-0.39, 0.29) is 18.4 Å². The summed E-state index contributed by atoms with van der Waals surface area (Å²) in [5.74, 6) is 0.646. The largest absolute Gasteiger partial charge is 0.484 e. The van der Waals surface area contributed by atoms with Crippen LogP contribution < -0.4 is 10.1 Å². The van der Waals surface area contributed by atoms with E-state index >= 15 is 0 Å². The first kappa shape index (κ1) is 27.5. The van der Waals surface area contributed by atoms with Gasteiger partial charge in [-0.2, -0.15) is 0 Å². The fourth-order valence-corrected chi connectivity index (χ4v) is 4.38.